The number of nitrogens with two attached hydrogens (primary N) is 1. The maximum absolute atomic E-state index is 5.81. The van der Waals surface area contributed by atoms with E-state index in [-0.39, 0.29) is 0 Å². The molecule has 1 aromatic heterocycles. The van der Waals surface area contributed by atoms with Gasteiger partial charge in [-0.05, 0) is 49.7 Å². The van der Waals surface area contributed by atoms with Crippen molar-refractivity contribution in [1.82, 2.24) is 4.98 Å². The van der Waals surface area contributed by atoms with E-state index in [0.717, 1.165) is 37.3 Å². The second-order valence-electron chi connectivity index (χ2n) is 5.50. The predicted octanol–water partition coefficient (Wildman–Crippen LogP) is 2.84. The lowest BCUT2D eigenvalue weighted by Gasteiger charge is -2.18. The van der Waals surface area contributed by atoms with Crippen molar-refractivity contribution in [2.75, 3.05) is 6.61 Å². The first kappa shape index (κ1) is 13.3. The predicted molar refractivity (Wildman–Crippen MR) is 73.7 cm³/mol. The molecule has 2 N–H and O–H groups in total. The Morgan fingerprint density at radius 2 is 2.11 bits per heavy atom. The van der Waals surface area contributed by atoms with E-state index in [9.17, 15) is 0 Å². The Hall–Kier alpha value is -1.09. The van der Waals surface area contributed by atoms with Crippen molar-refractivity contribution < 1.29 is 4.74 Å². The quantitative estimate of drug-likeness (QED) is 0.871. The summed E-state index contributed by atoms with van der Waals surface area (Å²) in [6.07, 6.45) is 5.80. The van der Waals surface area contributed by atoms with Crippen LogP contribution < -0.4 is 10.5 Å². The van der Waals surface area contributed by atoms with Crippen LogP contribution in [-0.2, 0) is 19.4 Å². The van der Waals surface area contributed by atoms with E-state index >= 15 is 0 Å². The number of rotatable bonds is 5. The average Bonchev–Trinajstić information content (AvgIpc) is 2.37. The minimum Gasteiger partial charge on any atom is -0.477 e. The van der Waals surface area contributed by atoms with Gasteiger partial charge in [0.15, 0.2) is 0 Å². The molecule has 0 amide bonds. The Labute approximate surface area is 110 Å². The molecule has 0 aliphatic heterocycles. The van der Waals surface area contributed by atoms with Gasteiger partial charge in [0, 0.05) is 17.8 Å². The largest absolute Gasteiger partial charge is 0.477 e. The molecule has 0 fully saturated rings. The van der Waals surface area contributed by atoms with Crippen LogP contribution in [0.3, 0.4) is 0 Å². The molecule has 0 atom stereocenters. The SMILES string of the molecule is CC(C)CCOc1nc2c(cc1CN)CCCC2. The zero-order valence-electron chi connectivity index (χ0n) is 11.5. The number of nitrogens with zero attached hydrogens (tertiary/aromatic N) is 1. The molecule has 0 bridgehead atoms. The molecule has 0 spiro atoms. The molecule has 0 radical (unpaired) electrons. The summed E-state index contributed by atoms with van der Waals surface area (Å²) in [5, 5.41) is 0. The highest BCUT2D eigenvalue weighted by molar-refractivity contribution is 5.35. The Morgan fingerprint density at radius 3 is 2.83 bits per heavy atom. The van der Waals surface area contributed by atoms with Crippen LogP contribution in [0.2, 0.25) is 0 Å². The third-order valence-electron chi connectivity index (χ3n) is 3.49. The third kappa shape index (κ3) is 3.22. The molecule has 1 aromatic rings. The normalized spacial score (nSPS) is 14.7. The zero-order valence-corrected chi connectivity index (χ0v) is 11.5. The number of pyridine rings is 1. The second-order valence-corrected chi connectivity index (χ2v) is 5.50. The van der Waals surface area contributed by atoms with Gasteiger partial charge in [-0.15, -0.1) is 0 Å². The molecular formula is C15H24N2O. The highest BCUT2D eigenvalue weighted by Gasteiger charge is 2.15. The van der Waals surface area contributed by atoms with Gasteiger partial charge in [-0.25, -0.2) is 4.98 Å². The molecule has 0 saturated heterocycles. The van der Waals surface area contributed by atoms with Gasteiger partial charge in [-0.1, -0.05) is 13.8 Å². The van der Waals surface area contributed by atoms with Crippen molar-refractivity contribution in [3.05, 3.63) is 22.9 Å². The monoisotopic (exact) mass is 248 g/mol. The average molecular weight is 248 g/mol. The molecule has 0 saturated carbocycles. The number of fused-ring (bicyclic) bond motifs is 1. The molecule has 2 rings (SSSR count). The molecule has 3 heteroatoms. The van der Waals surface area contributed by atoms with E-state index in [0.29, 0.717) is 12.5 Å². The van der Waals surface area contributed by atoms with Crippen LogP contribution in [0.1, 0.15) is 49.9 Å². The van der Waals surface area contributed by atoms with Gasteiger partial charge in [0.05, 0.1) is 6.61 Å². The van der Waals surface area contributed by atoms with Crippen LogP contribution in [0.25, 0.3) is 0 Å². The molecule has 18 heavy (non-hydrogen) atoms. The van der Waals surface area contributed by atoms with Gasteiger partial charge in [0.25, 0.3) is 0 Å². The topological polar surface area (TPSA) is 48.1 Å². The lowest BCUT2D eigenvalue weighted by atomic mass is 9.95. The van der Waals surface area contributed by atoms with Crippen LogP contribution in [-0.4, -0.2) is 11.6 Å². The number of hydrogen-bond donors (Lipinski definition) is 1. The first-order valence-electron chi connectivity index (χ1n) is 7.05. The van der Waals surface area contributed by atoms with Crippen LogP contribution in [0.5, 0.6) is 5.88 Å². The van der Waals surface area contributed by atoms with E-state index in [4.69, 9.17) is 10.5 Å². The fourth-order valence-corrected chi connectivity index (χ4v) is 2.32. The Kier molecular flexibility index (Phi) is 4.59. The van der Waals surface area contributed by atoms with Gasteiger partial charge >= 0.3 is 0 Å². The summed E-state index contributed by atoms with van der Waals surface area (Å²) in [5.41, 5.74) is 9.44. The summed E-state index contributed by atoms with van der Waals surface area (Å²) in [6, 6.07) is 2.20. The first-order chi connectivity index (χ1) is 8.70. The van der Waals surface area contributed by atoms with E-state index in [1.54, 1.807) is 0 Å². The summed E-state index contributed by atoms with van der Waals surface area (Å²) in [6.45, 7) is 5.65. The number of aromatic nitrogens is 1. The molecular weight excluding hydrogens is 224 g/mol. The highest BCUT2D eigenvalue weighted by atomic mass is 16.5. The minimum atomic E-state index is 0.511. The molecule has 100 valence electrons. The first-order valence-corrected chi connectivity index (χ1v) is 7.05. The van der Waals surface area contributed by atoms with E-state index in [1.165, 1.54) is 24.1 Å². The van der Waals surface area contributed by atoms with Crippen molar-refractivity contribution in [2.24, 2.45) is 11.7 Å². The summed E-state index contributed by atoms with van der Waals surface area (Å²) in [7, 11) is 0. The van der Waals surface area contributed by atoms with E-state index in [2.05, 4.69) is 24.9 Å². The van der Waals surface area contributed by atoms with Crippen LogP contribution in [0.4, 0.5) is 0 Å². The lowest BCUT2D eigenvalue weighted by Crippen LogP contribution is -2.12. The molecule has 1 aliphatic carbocycles. The summed E-state index contributed by atoms with van der Waals surface area (Å²) in [5.74, 6) is 1.42. The number of hydrogen-bond acceptors (Lipinski definition) is 3. The summed E-state index contributed by atoms with van der Waals surface area (Å²) >= 11 is 0. The number of aryl methyl sites for hydroxylation is 2. The lowest BCUT2D eigenvalue weighted by molar-refractivity contribution is 0.275. The summed E-state index contributed by atoms with van der Waals surface area (Å²) < 4.78 is 5.81. The van der Waals surface area contributed by atoms with Crippen molar-refractivity contribution >= 4 is 0 Å². The van der Waals surface area contributed by atoms with Crippen LogP contribution >= 0.6 is 0 Å². The molecule has 0 unspecified atom stereocenters. The Balaban J connectivity index is 2.12. The Morgan fingerprint density at radius 1 is 1.33 bits per heavy atom. The maximum Gasteiger partial charge on any atom is 0.218 e. The Bertz CT molecular complexity index is 402. The molecule has 0 aromatic carbocycles. The number of ether oxygens (including phenoxy) is 1. The zero-order chi connectivity index (χ0) is 13.0. The highest BCUT2D eigenvalue weighted by Crippen LogP contribution is 2.26. The van der Waals surface area contributed by atoms with E-state index < -0.39 is 0 Å². The van der Waals surface area contributed by atoms with Gasteiger partial charge in [0.1, 0.15) is 0 Å². The fraction of sp³-hybridized carbons (Fsp3) is 0.667. The van der Waals surface area contributed by atoms with Crippen molar-refractivity contribution in [2.45, 2.75) is 52.5 Å². The summed E-state index contributed by atoms with van der Waals surface area (Å²) in [4.78, 5) is 4.68. The van der Waals surface area contributed by atoms with Crippen LogP contribution in [0.15, 0.2) is 6.07 Å². The minimum absolute atomic E-state index is 0.511. The van der Waals surface area contributed by atoms with Crippen LogP contribution in [0, 0.1) is 5.92 Å². The maximum atomic E-state index is 5.81. The molecule has 1 heterocycles. The second kappa shape index (κ2) is 6.19. The van der Waals surface area contributed by atoms with Gasteiger partial charge in [-0.2, -0.15) is 0 Å². The van der Waals surface area contributed by atoms with Crippen molar-refractivity contribution in [3.63, 3.8) is 0 Å². The van der Waals surface area contributed by atoms with Crippen molar-refractivity contribution in [1.29, 1.82) is 0 Å². The van der Waals surface area contributed by atoms with Gasteiger partial charge in [0.2, 0.25) is 5.88 Å². The van der Waals surface area contributed by atoms with Gasteiger partial charge in [-0.3, -0.25) is 0 Å². The molecule has 1 aliphatic rings. The third-order valence-corrected chi connectivity index (χ3v) is 3.49. The standard InChI is InChI=1S/C15H24N2O/c1-11(2)7-8-18-15-13(10-16)9-12-5-3-4-6-14(12)17-15/h9,11H,3-8,10,16H2,1-2H3. The smallest absolute Gasteiger partial charge is 0.218 e. The van der Waals surface area contributed by atoms with Gasteiger partial charge < -0.3 is 10.5 Å². The fourth-order valence-electron chi connectivity index (χ4n) is 2.32. The van der Waals surface area contributed by atoms with Crippen molar-refractivity contribution in [3.8, 4) is 5.88 Å². The van der Waals surface area contributed by atoms with E-state index in [1.807, 2.05) is 0 Å². The molecule has 3 nitrogen and oxygen atoms in total.